The van der Waals surface area contributed by atoms with Crippen molar-refractivity contribution < 1.29 is 0 Å². The summed E-state index contributed by atoms with van der Waals surface area (Å²) >= 11 is 5.61. The van der Waals surface area contributed by atoms with Gasteiger partial charge in [-0.1, -0.05) is 29.8 Å². The van der Waals surface area contributed by atoms with Gasteiger partial charge < -0.3 is 5.73 Å². The second-order valence-electron chi connectivity index (χ2n) is 2.67. The average Bonchev–Trinajstić information content (AvgIpc) is 2.03. The molecular weight excluding hydrogens is 158 g/mol. The van der Waals surface area contributed by atoms with Crippen LogP contribution in [0.15, 0.2) is 24.3 Å². The second kappa shape index (κ2) is 3.74. The number of benzene rings is 1. The molecular formula is C9H12ClN. The fourth-order valence-electron chi connectivity index (χ4n) is 0.990. The highest BCUT2D eigenvalue weighted by atomic mass is 35.5. The lowest BCUT2D eigenvalue weighted by Crippen LogP contribution is -2.11. The van der Waals surface area contributed by atoms with Crippen LogP contribution in [-0.2, 0) is 0 Å². The van der Waals surface area contributed by atoms with Crippen molar-refractivity contribution in [2.45, 2.75) is 13.0 Å². The number of nitrogens with two attached hydrogens (primary N) is 1. The molecule has 0 heterocycles. The molecule has 2 heteroatoms. The van der Waals surface area contributed by atoms with E-state index in [2.05, 4.69) is 6.07 Å². The molecule has 11 heavy (non-hydrogen) atoms. The molecule has 0 saturated carbocycles. The molecule has 0 aliphatic heterocycles. The monoisotopic (exact) mass is 169 g/mol. The van der Waals surface area contributed by atoms with Gasteiger partial charge in [0.05, 0.1) is 0 Å². The molecule has 0 amide bonds. The quantitative estimate of drug-likeness (QED) is 0.676. The van der Waals surface area contributed by atoms with Gasteiger partial charge in [0.25, 0.3) is 0 Å². The number of hydrogen-bond donors (Lipinski definition) is 1. The van der Waals surface area contributed by atoms with E-state index in [4.69, 9.17) is 17.3 Å². The highest BCUT2D eigenvalue weighted by Crippen LogP contribution is 2.12. The van der Waals surface area contributed by atoms with Gasteiger partial charge >= 0.3 is 0 Å². The zero-order chi connectivity index (χ0) is 8.27. The summed E-state index contributed by atoms with van der Waals surface area (Å²) in [6, 6.07) is 8.07. The molecule has 0 radical (unpaired) electrons. The van der Waals surface area contributed by atoms with E-state index in [1.54, 1.807) is 0 Å². The maximum atomic E-state index is 5.73. The second-order valence-corrected chi connectivity index (χ2v) is 2.98. The summed E-state index contributed by atoms with van der Waals surface area (Å²) in [4.78, 5) is 0. The Kier molecular flexibility index (Phi) is 2.92. The minimum Gasteiger partial charge on any atom is -0.323 e. The molecule has 1 aromatic rings. The van der Waals surface area contributed by atoms with E-state index in [1.165, 1.54) is 5.56 Å². The smallest absolute Gasteiger partial charge is 0.0432 e. The standard InChI is InChI=1S/C9H12ClN/c1-7-3-2-4-8(5-7)9(11)6-10/h2-5,9H,6,11H2,1H3. The van der Waals surface area contributed by atoms with Crippen molar-refractivity contribution in [3.63, 3.8) is 0 Å². The zero-order valence-electron chi connectivity index (χ0n) is 6.55. The molecule has 0 aromatic heterocycles. The molecule has 0 fully saturated rings. The van der Waals surface area contributed by atoms with E-state index in [0.717, 1.165) is 5.56 Å². The normalized spacial score (nSPS) is 13.0. The van der Waals surface area contributed by atoms with Gasteiger partial charge in [0.2, 0.25) is 0 Å². The van der Waals surface area contributed by atoms with Crippen LogP contribution in [0.1, 0.15) is 17.2 Å². The van der Waals surface area contributed by atoms with Gasteiger partial charge in [0.1, 0.15) is 0 Å². The third-order valence-electron chi connectivity index (χ3n) is 1.64. The Hall–Kier alpha value is -0.530. The molecule has 0 spiro atoms. The summed E-state index contributed by atoms with van der Waals surface area (Å²) in [5.74, 6) is 0.476. The molecule has 1 rings (SSSR count). The van der Waals surface area contributed by atoms with Crippen LogP contribution in [0, 0.1) is 6.92 Å². The lowest BCUT2D eigenvalue weighted by molar-refractivity contribution is 0.825. The van der Waals surface area contributed by atoms with Crippen molar-refractivity contribution >= 4 is 11.6 Å². The van der Waals surface area contributed by atoms with Crippen LogP contribution < -0.4 is 5.73 Å². The molecule has 1 atom stereocenters. The van der Waals surface area contributed by atoms with Gasteiger partial charge in [0, 0.05) is 11.9 Å². The van der Waals surface area contributed by atoms with Gasteiger partial charge in [-0.25, -0.2) is 0 Å². The maximum absolute atomic E-state index is 5.73. The highest BCUT2D eigenvalue weighted by Gasteiger charge is 2.02. The van der Waals surface area contributed by atoms with Crippen LogP contribution in [0.2, 0.25) is 0 Å². The van der Waals surface area contributed by atoms with Crippen molar-refractivity contribution in [2.24, 2.45) is 5.73 Å². The number of hydrogen-bond acceptors (Lipinski definition) is 1. The third kappa shape index (κ3) is 2.21. The van der Waals surface area contributed by atoms with E-state index in [0.29, 0.717) is 5.88 Å². The van der Waals surface area contributed by atoms with Gasteiger partial charge in [-0.05, 0) is 12.5 Å². The molecule has 0 aliphatic carbocycles. The first-order valence-corrected chi connectivity index (χ1v) is 4.15. The number of alkyl halides is 1. The first-order valence-electron chi connectivity index (χ1n) is 3.62. The van der Waals surface area contributed by atoms with E-state index < -0.39 is 0 Å². The highest BCUT2D eigenvalue weighted by molar-refractivity contribution is 6.18. The predicted octanol–water partition coefficient (Wildman–Crippen LogP) is 2.23. The number of aryl methyl sites for hydroxylation is 1. The lowest BCUT2D eigenvalue weighted by atomic mass is 10.1. The maximum Gasteiger partial charge on any atom is 0.0432 e. The van der Waals surface area contributed by atoms with Crippen molar-refractivity contribution in [3.8, 4) is 0 Å². The van der Waals surface area contributed by atoms with Crippen LogP contribution in [0.3, 0.4) is 0 Å². The van der Waals surface area contributed by atoms with E-state index in [1.807, 2.05) is 25.1 Å². The number of halogens is 1. The molecule has 2 N–H and O–H groups in total. The van der Waals surface area contributed by atoms with Gasteiger partial charge in [-0.2, -0.15) is 0 Å². The summed E-state index contributed by atoms with van der Waals surface area (Å²) in [5, 5.41) is 0. The minimum absolute atomic E-state index is 0.0310. The molecule has 0 aliphatic rings. The Bertz CT molecular complexity index is 235. The average molecular weight is 170 g/mol. The largest absolute Gasteiger partial charge is 0.323 e. The summed E-state index contributed by atoms with van der Waals surface area (Å²) in [7, 11) is 0. The lowest BCUT2D eigenvalue weighted by Gasteiger charge is -2.07. The molecule has 0 bridgehead atoms. The Balaban J connectivity index is 2.86. The van der Waals surface area contributed by atoms with Crippen LogP contribution in [0.5, 0.6) is 0 Å². The topological polar surface area (TPSA) is 26.0 Å². The van der Waals surface area contributed by atoms with Gasteiger partial charge in [0.15, 0.2) is 0 Å². The fourth-order valence-corrected chi connectivity index (χ4v) is 1.17. The summed E-state index contributed by atoms with van der Waals surface area (Å²) < 4.78 is 0. The zero-order valence-corrected chi connectivity index (χ0v) is 7.31. The molecule has 1 aromatic carbocycles. The van der Waals surface area contributed by atoms with E-state index >= 15 is 0 Å². The van der Waals surface area contributed by atoms with Gasteiger partial charge in [-0.3, -0.25) is 0 Å². The Labute approximate surface area is 72.2 Å². The van der Waals surface area contributed by atoms with Crippen LogP contribution in [-0.4, -0.2) is 5.88 Å². The van der Waals surface area contributed by atoms with Crippen LogP contribution in [0.4, 0.5) is 0 Å². The van der Waals surface area contributed by atoms with Crippen molar-refractivity contribution in [3.05, 3.63) is 35.4 Å². The Morgan fingerprint density at radius 2 is 2.27 bits per heavy atom. The van der Waals surface area contributed by atoms with Gasteiger partial charge in [-0.15, -0.1) is 11.6 Å². The Morgan fingerprint density at radius 1 is 1.55 bits per heavy atom. The van der Waals surface area contributed by atoms with Crippen molar-refractivity contribution in [2.75, 3.05) is 5.88 Å². The summed E-state index contributed by atoms with van der Waals surface area (Å²) in [6.07, 6.45) is 0. The first-order chi connectivity index (χ1) is 5.24. The minimum atomic E-state index is -0.0310. The van der Waals surface area contributed by atoms with Crippen molar-refractivity contribution in [1.82, 2.24) is 0 Å². The Morgan fingerprint density at radius 3 is 2.82 bits per heavy atom. The van der Waals surface area contributed by atoms with E-state index in [-0.39, 0.29) is 6.04 Å². The number of rotatable bonds is 2. The summed E-state index contributed by atoms with van der Waals surface area (Å²) in [5.41, 5.74) is 8.07. The van der Waals surface area contributed by atoms with Crippen LogP contribution in [0.25, 0.3) is 0 Å². The van der Waals surface area contributed by atoms with Crippen LogP contribution >= 0.6 is 11.6 Å². The SMILES string of the molecule is Cc1cccc(C(N)CCl)c1. The summed E-state index contributed by atoms with van der Waals surface area (Å²) in [6.45, 7) is 2.05. The predicted molar refractivity (Wildman–Crippen MR) is 48.8 cm³/mol. The van der Waals surface area contributed by atoms with E-state index in [9.17, 15) is 0 Å². The molecule has 1 nitrogen and oxygen atoms in total. The molecule has 0 saturated heterocycles. The molecule has 1 unspecified atom stereocenters. The molecule has 60 valence electrons. The van der Waals surface area contributed by atoms with Crippen molar-refractivity contribution in [1.29, 1.82) is 0 Å². The third-order valence-corrected chi connectivity index (χ3v) is 1.97. The fraction of sp³-hybridized carbons (Fsp3) is 0.333. The first kappa shape index (κ1) is 8.57.